The average molecular weight is 499 g/mol. The summed E-state index contributed by atoms with van der Waals surface area (Å²) in [5.74, 6) is 1.87. The summed E-state index contributed by atoms with van der Waals surface area (Å²) in [7, 11) is 0. The minimum absolute atomic E-state index is 0.0615. The minimum Gasteiger partial charge on any atom is -0.456 e. The van der Waals surface area contributed by atoms with E-state index in [9.17, 15) is 4.79 Å². The van der Waals surface area contributed by atoms with Crippen molar-refractivity contribution in [3.63, 3.8) is 0 Å². The van der Waals surface area contributed by atoms with Gasteiger partial charge in [0, 0.05) is 15.4 Å². The Bertz CT molecular complexity index is 1300. The van der Waals surface area contributed by atoms with Gasteiger partial charge in [-0.1, -0.05) is 54.3 Å². The van der Waals surface area contributed by atoms with E-state index in [4.69, 9.17) is 32.1 Å². The largest absolute Gasteiger partial charge is 0.456 e. The first-order chi connectivity index (χ1) is 16.2. The van der Waals surface area contributed by atoms with Crippen LogP contribution in [-0.2, 0) is 11.2 Å². The van der Waals surface area contributed by atoms with Crippen molar-refractivity contribution in [3.8, 4) is 11.3 Å². The number of hydrogen-bond acceptors (Lipinski definition) is 4. The van der Waals surface area contributed by atoms with E-state index < -0.39 is 0 Å². The van der Waals surface area contributed by atoms with Gasteiger partial charge in [-0.05, 0) is 74.1 Å². The number of amides is 1. The fourth-order valence-electron chi connectivity index (χ4n) is 4.18. The Morgan fingerprint density at radius 1 is 1.06 bits per heavy atom. The van der Waals surface area contributed by atoms with Gasteiger partial charge in [-0.3, -0.25) is 4.79 Å². The van der Waals surface area contributed by atoms with Gasteiger partial charge in [0.1, 0.15) is 17.1 Å². The lowest BCUT2D eigenvalue weighted by Crippen LogP contribution is -2.30. The van der Waals surface area contributed by atoms with E-state index >= 15 is 0 Å². The first-order valence-corrected chi connectivity index (χ1v) is 12.2. The molecule has 0 aliphatic carbocycles. The Morgan fingerprint density at radius 3 is 2.53 bits per heavy atom. The van der Waals surface area contributed by atoms with Gasteiger partial charge < -0.3 is 14.3 Å². The summed E-state index contributed by atoms with van der Waals surface area (Å²) in [5, 5.41) is 9.25. The zero-order valence-electron chi connectivity index (χ0n) is 19.7. The molecule has 2 heterocycles. The number of hydrogen-bond donors (Lipinski definition) is 1. The number of aryl methyl sites for hydroxylation is 2. The molecule has 0 bridgehead atoms. The molecule has 0 saturated carbocycles. The second-order valence-electron chi connectivity index (χ2n) is 9.12. The Hall–Kier alpha value is -2.76. The van der Waals surface area contributed by atoms with Gasteiger partial charge in [-0.25, -0.2) is 0 Å². The molecule has 1 unspecified atom stereocenters. The van der Waals surface area contributed by atoms with Crippen molar-refractivity contribution in [2.75, 3.05) is 0 Å². The molecule has 4 aromatic rings. The zero-order valence-corrected chi connectivity index (χ0v) is 21.3. The molecule has 0 radical (unpaired) electrons. The van der Waals surface area contributed by atoms with Gasteiger partial charge in [0.15, 0.2) is 0 Å². The van der Waals surface area contributed by atoms with Crippen molar-refractivity contribution in [2.45, 2.75) is 53.0 Å². The quantitative estimate of drug-likeness (QED) is 0.268. The molecule has 0 spiro atoms. The van der Waals surface area contributed by atoms with Crippen LogP contribution in [0.2, 0.25) is 10.0 Å². The highest BCUT2D eigenvalue weighted by Gasteiger charge is 2.20. The molecule has 0 saturated heterocycles. The SMILES string of the molecule is Cc1noc(C)c1-c1cc2cc(CC(=O)NC(CCC(C)C)c3ccc(Cl)cc3Cl)ccc2o1. The van der Waals surface area contributed by atoms with E-state index in [-0.39, 0.29) is 18.4 Å². The second kappa shape index (κ2) is 10.2. The predicted octanol–water partition coefficient (Wildman–Crippen LogP) is 7.85. The number of carbonyl (C=O) groups is 1. The number of carbonyl (C=O) groups excluding carboxylic acids is 1. The van der Waals surface area contributed by atoms with E-state index in [1.165, 1.54) is 0 Å². The maximum atomic E-state index is 13.0. The lowest BCUT2D eigenvalue weighted by Gasteiger charge is -2.21. The molecule has 0 aliphatic heterocycles. The van der Waals surface area contributed by atoms with Crippen LogP contribution in [0.5, 0.6) is 0 Å². The van der Waals surface area contributed by atoms with E-state index in [0.29, 0.717) is 27.5 Å². The van der Waals surface area contributed by atoms with Crippen LogP contribution >= 0.6 is 23.2 Å². The van der Waals surface area contributed by atoms with E-state index in [1.54, 1.807) is 12.1 Å². The summed E-state index contributed by atoms with van der Waals surface area (Å²) in [6.45, 7) is 8.08. The molecule has 1 atom stereocenters. The highest BCUT2D eigenvalue weighted by Crippen LogP contribution is 2.33. The van der Waals surface area contributed by atoms with Crippen molar-refractivity contribution >= 4 is 40.1 Å². The highest BCUT2D eigenvalue weighted by atomic mass is 35.5. The molecule has 5 nitrogen and oxygen atoms in total. The molecule has 1 N–H and O–H groups in total. The molecule has 2 aromatic carbocycles. The molecule has 0 fully saturated rings. The Balaban J connectivity index is 1.52. The van der Waals surface area contributed by atoms with Gasteiger partial charge >= 0.3 is 0 Å². The molecule has 0 aliphatic rings. The zero-order chi connectivity index (χ0) is 24.4. The number of furan rings is 1. The number of rotatable bonds is 8. The van der Waals surface area contributed by atoms with Crippen LogP contribution in [0.15, 0.2) is 51.4 Å². The van der Waals surface area contributed by atoms with E-state index in [1.807, 2.05) is 44.2 Å². The van der Waals surface area contributed by atoms with Crippen LogP contribution in [0, 0.1) is 19.8 Å². The third-order valence-corrected chi connectivity index (χ3v) is 6.49. The first-order valence-electron chi connectivity index (χ1n) is 11.4. The summed E-state index contributed by atoms with van der Waals surface area (Å²) >= 11 is 12.5. The fourth-order valence-corrected chi connectivity index (χ4v) is 4.72. The normalized spacial score (nSPS) is 12.4. The minimum atomic E-state index is -0.177. The monoisotopic (exact) mass is 498 g/mol. The van der Waals surface area contributed by atoms with Crippen molar-refractivity contribution in [3.05, 3.63) is 75.1 Å². The third-order valence-electron chi connectivity index (χ3n) is 5.93. The van der Waals surface area contributed by atoms with Crippen LogP contribution in [0.1, 0.15) is 55.3 Å². The summed E-state index contributed by atoms with van der Waals surface area (Å²) in [5.41, 5.74) is 4.19. The summed E-state index contributed by atoms with van der Waals surface area (Å²) in [6, 6.07) is 13.0. The Labute approximate surface area is 209 Å². The number of nitrogens with one attached hydrogen (secondary N) is 1. The maximum Gasteiger partial charge on any atom is 0.224 e. The summed E-state index contributed by atoms with van der Waals surface area (Å²) in [6.07, 6.45) is 2.02. The summed E-state index contributed by atoms with van der Waals surface area (Å²) < 4.78 is 11.3. The molecule has 1 amide bonds. The number of fused-ring (bicyclic) bond motifs is 1. The van der Waals surface area contributed by atoms with Crippen LogP contribution in [-0.4, -0.2) is 11.1 Å². The van der Waals surface area contributed by atoms with Crippen molar-refractivity contribution in [2.24, 2.45) is 5.92 Å². The van der Waals surface area contributed by atoms with Gasteiger partial charge in [0.25, 0.3) is 0 Å². The Kier molecular flexibility index (Phi) is 7.34. The third kappa shape index (κ3) is 5.48. The number of nitrogens with zero attached hydrogens (tertiary/aromatic N) is 1. The van der Waals surface area contributed by atoms with Crippen molar-refractivity contribution < 1.29 is 13.7 Å². The number of halogens is 2. The lowest BCUT2D eigenvalue weighted by molar-refractivity contribution is -0.121. The summed E-state index contributed by atoms with van der Waals surface area (Å²) in [4.78, 5) is 13.0. The number of aromatic nitrogens is 1. The number of benzene rings is 2. The van der Waals surface area contributed by atoms with E-state index in [2.05, 4.69) is 24.3 Å². The standard InChI is InChI=1S/C27H28Cl2N2O3/c1-15(2)5-9-23(21-8-7-20(28)14-22(21)29)30-26(32)12-18-6-10-24-19(11-18)13-25(33-24)27-16(3)31-34-17(27)4/h6-8,10-11,13-15,23H,5,9,12H2,1-4H3,(H,30,32). The van der Waals surface area contributed by atoms with Crippen molar-refractivity contribution in [1.29, 1.82) is 0 Å². The molecule has 4 rings (SSSR count). The van der Waals surface area contributed by atoms with Crippen molar-refractivity contribution in [1.82, 2.24) is 10.5 Å². The topological polar surface area (TPSA) is 68.3 Å². The van der Waals surface area contributed by atoms with Gasteiger partial charge in [-0.15, -0.1) is 0 Å². The molecule has 7 heteroatoms. The van der Waals surface area contributed by atoms with Crippen LogP contribution < -0.4 is 5.32 Å². The lowest BCUT2D eigenvalue weighted by atomic mass is 9.97. The fraction of sp³-hybridized carbons (Fsp3) is 0.333. The highest BCUT2D eigenvalue weighted by molar-refractivity contribution is 6.35. The molecule has 34 heavy (non-hydrogen) atoms. The van der Waals surface area contributed by atoms with Crippen LogP contribution in [0.3, 0.4) is 0 Å². The molecular weight excluding hydrogens is 471 g/mol. The first kappa shape index (κ1) is 24.4. The van der Waals surface area contributed by atoms with Crippen LogP contribution in [0.4, 0.5) is 0 Å². The second-order valence-corrected chi connectivity index (χ2v) is 9.96. The predicted molar refractivity (Wildman–Crippen MR) is 136 cm³/mol. The molecule has 178 valence electrons. The maximum absolute atomic E-state index is 13.0. The molecular formula is C27H28Cl2N2O3. The average Bonchev–Trinajstić information content (AvgIpc) is 3.32. The van der Waals surface area contributed by atoms with Gasteiger partial charge in [0.2, 0.25) is 5.91 Å². The molecule has 2 aromatic heterocycles. The van der Waals surface area contributed by atoms with Gasteiger partial charge in [0.05, 0.1) is 23.7 Å². The van der Waals surface area contributed by atoms with E-state index in [0.717, 1.165) is 46.2 Å². The van der Waals surface area contributed by atoms with Gasteiger partial charge in [-0.2, -0.15) is 0 Å². The smallest absolute Gasteiger partial charge is 0.224 e. The van der Waals surface area contributed by atoms with Crippen LogP contribution in [0.25, 0.3) is 22.3 Å². The Morgan fingerprint density at radius 2 is 1.85 bits per heavy atom.